The number of rotatable bonds is 5. The summed E-state index contributed by atoms with van der Waals surface area (Å²) in [5, 5.41) is 10.9. The quantitative estimate of drug-likeness (QED) is 0.538. The van der Waals surface area contributed by atoms with Crippen LogP contribution in [0.25, 0.3) is 22.2 Å². The summed E-state index contributed by atoms with van der Waals surface area (Å²) in [4.78, 5) is 15.3. The number of aliphatic hydroxyl groups is 1. The Kier molecular flexibility index (Phi) is 6.59. The number of ether oxygens (including phenoxy) is 1. The van der Waals surface area contributed by atoms with Crippen LogP contribution in [-0.4, -0.2) is 47.4 Å². The molecule has 0 unspecified atom stereocenters. The Morgan fingerprint density at radius 3 is 2.32 bits per heavy atom. The molecule has 0 saturated carbocycles. The van der Waals surface area contributed by atoms with E-state index in [0.29, 0.717) is 17.8 Å². The molecule has 3 aromatic rings. The first kappa shape index (κ1) is 22.9. The van der Waals surface area contributed by atoms with Crippen molar-refractivity contribution in [3.05, 3.63) is 42.0 Å². The van der Waals surface area contributed by atoms with Gasteiger partial charge in [-0.1, -0.05) is 0 Å². The molecule has 0 bridgehead atoms. The number of hydrogen-bond donors (Lipinski definition) is 1. The highest BCUT2D eigenvalue weighted by Crippen LogP contribution is 2.35. The third-order valence-electron chi connectivity index (χ3n) is 7.57. The van der Waals surface area contributed by atoms with Crippen LogP contribution in [0.3, 0.4) is 0 Å². The lowest BCUT2D eigenvalue weighted by atomic mass is 10.0. The summed E-state index contributed by atoms with van der Waals surface area (Å²) in [5.74, 6) is 2.81. The Labute approximate surface area is 202 Å². The average Bonchev–Trinajstić information content (AvgIpc) is 2.88. The molecule has 0 amide bonds. The van der Waals surface area contributed by atoms with Crippen LogP contribution in [0.4, 0.5) is 11.6 Å². The van der Waals surface area contributed by atoms with E-state index in [1.807, 2.05) is 18.2 Å². The Balaban J connectivity index is 1.64. The van der Waals surface area contributed by atoms with E-state index in [2.05, 4.69) is 41.8 Å². The average molecular weight is 461 g/mol. The second kappa shape index (κ2) is 9.79. The van der Waals surface area contributed by atoms with E-state index < -0.39 is 0 Å². The third kappa shape index (κ3) is 4.31. The lowest BCUT2D eigenvalue weighted by Crippen LogP contribution is -2.40. The summed E-state index contributed by atoms with van der Waals surface area (Å²) < 4.78 is 5.38. The first-order chi connectivity index (χ1) is 16.6. The van der Waals surface area contributed by atoms with Gasteiger partial charge in [0.2, 0.25) is 0 Å². The van der Waals surface area contributed by atoms with Crippen molar-refractivity contribution in [3.8, 4) is 17.0 Å². The fraction of sp³-hybridized carbons (Fsp3) is 0.500. The predicted molar refractivity (Wildman–Crippen MR) is 139 cm³/mol. The van der Waals surface area contributed by atoms with Crippen molar-refractivity contribution in [1.29, 1.82) is 0 Å². The SMILES string of the molecule is COc1ccc(-c2ccc3c(N4CCCC[C@@H]4C)nc(N4CCCC[C@@H]4C)cc3n2)cc1CO. The topological polar surface area (TPSA) is 61.7 Å². The molecule has 4 heterocycles. The monoisotopic (exact) mass is 460 g/mol. The Bertz CT molecular complexity index is 1160. The van der Waals surface area contributed by atoms with E-state index in [1.54, 1.807) is 7.11 Å². The van der Waals surface area contributed by atoms with E-state index in [9.17, 15) is 5.11 Å². The molecule has 0 spiro atoms. The van der Waals surface area contributed by atoms with Gasteiger partial charge in [-0.15, -0.1) is 0 Å². The van der Waals surface area contributed by atoms with E-state index in [-0.39, 0.29) is 6.61 Å². The number of nitrogens with zero attached hydrogens (tertiary/aromatic N) is 4. The zero-order valence-electron chi connectivity index (χ0n) is 20.6. The fourth-order valence-corrected chi connectivity index (χ4v) is 5.54. The molecule has 2 aliphatic heterocycles. The summed E-state index contributed by atoms with van der Waals surface area (Å²) in [7, 11) is 1.63. The molecule has 34 heavy (non-hydrogen) atoms. The van der Waals surface area contributed by atoms with Gasteiger partial charge in [0, 0.05) is 47.8 Å². The maximum atomic E-state index is 9.78. The van der Waals surface area contributed by atoms with Gasteiger partial charge >= 0.3 is 0 Å². The van der Waals surface area contributed by atoms with Crippen molar-refractivity contribution < 1.29 is 9.84 Å². The van der Waals surface area contributed by atoms with Gasteiger partial charge in [-0.05, 0) is 82.7 Å². The zero-order chi connectivity index (χ0) is 23.7. The van der Waals surface area contributed by atoms with Crippen molar-refractivity contribution in [3.63, 3.8) is 0 Å². The third-order valence-corrected chi connectivity index (χ3v) is 7.57. The van der Waals surface area contributed by atoms with E-state index >= 15 is 0 Å². The first-order valence-electron chi connectivity index (χ1n) is 12.7. The van der Waals surface area contributed by atoms with Gasteiger partial charge in [-0.25, -0.2) is 9.97 Å². The van der Waals surface area contributed by atoms with Crippen LogP contribution in [0, 0.1) is 0 Å². The molecule has 2 fully saturated rings. The summed E-state index contributed by atoms with van der Waals surface area (Å²) in [6.45, 7) is 6.65. The number of pyridine rings is 2. The summed E-state index contributed by atoms with van der Waals surface area (Å²) in [6, 6.07) is 13.3. The smallest absolute Gasteiger partial charge is 0.140 e. The molecule has 180 valence electrons. The largest absolute Gasteiger partial charge is 0.496 e. The van der Waals surface area contributed by atoms with Crippen LogP contribution in [-0.2, 0) is 6.61 Å². The van der Waals surface area contributed by atoms with Crippen molar-refractivity contribution >= 4 is 22.5 Å². The first-order valence-corrected chi connectivity index (χ1v) is 12.7. The minimum absolute atomic E-state index is 0.0670. The Morgan fingerprint density at radius 2 is 1.65 bits per heavy atom. The minimum atomic E-state index is -0.0670. The normalized spacial score (nSPS) is 21.2. The molecular formula is C28H36N4O2. The lowest BCUT2D eigenvalue weighted by molar-refractivity contribution is 0.274. The highest BCUT2D eigenvalue weighted by atomic mass is 16.5. The number of hydrogen-bond acceptors (Lipinski definition) is 6. The Morgan fingerprint density at radius 1 is 0.912 bits per heavy atom. The van der Waals surface area contributed by atoms with Gasteiger partial charge in [-0.2, -0.15) is 0 Å². The van der Waals surface area contributed by atoms with Gasteiger partial charge < -0.3 is 19.6 Å². The lowest BCUT2D eigenvalue weighted by Gasteiger charge is -2.38. The molecule has 6 heteroatoms. The maximum absolute atomic E-state index is 9.78. The molecule has 0 aliphatic carbocycles. The molecule has 5 rings (SSSR count). The number of fused-ring (bicyclic) bond motifs is 1. The summed E-state index contributed by atoms with van der Waals surface area (Å²) in [5.41, 5.74) is 3.62. The number of aliphatic hydroxyl groups excluding tert-OH is 1. The maximum Gasteiger partial charge on any atom is 0.140 e. The van der Waals surface area contributed by atoms with Crippen LogP contribution in [0.1, 0.15) is 57.9 Å². The predicted octanol–water partition coefficient (Wildman–Crippen LogP) is 5.56. The van der Waals surface area contributed by atoms with Crippen molar-refractivity contribution in [2.45, 2.75) is 71.1 Å². The number of anilines is 2. The number of benzene rings is 1. The van der Waals surface area contributed by atoms with Crippen molar-refractivity contribution in [2.24, 2.45) is 0 Å². The van der Waals surface area contributed by atoms with Crippen LogP contribution in [0.5, 0.6) is 5.75 Å². The van der Waals surface area contributed by atoms with Gasteiger partial charge in [0.1, 0.15) is 17.4 Å². The molecule has 6 nitrogen and oxygen atoms in total. The molecule has 2 aliphatic rings. The summed E-state index contributed by atoms with van der Waals surface area (Å²) >= 11 is 0. The molecule has 2 atom stereocenters. The van der Waals surface area contributed by atoms with Gasteiger partial charge in [-0.3, -0.25) is 0 Å². The second-order valence-corrected chi connectivity index (χ2v) is 9.83. The van der Waals surface area contributed by atoms with Crippen molar-refractivity contribution in [1.82, 2.24) is 9.97 Å². The van der Waals surface area contributed by atoms with E-state index in [4.69, 9.17) is 14.7 Å². The van der Waals surface area contributed by atoms with Crippen LogP contribution < -0.4 is 14.5 Å². The minimum Gasteiger partial charge on any atom is -0.496 e. The van der Waals surface area contributed by atoms with Gasteiger partial charge in [0.15, 0.2) is 0 Å². The number of aromatic nitrogens is 2. The van der Waals surface area contributed by atoms with Gasteiger partial charge in [0.05, 0.1) is 24.9 Å². The van der Waals surface area contributed by atoms with Crippen molar-refractivity contribution in [2.75, 3.05) is 30.0 Å². The molecule has 2 aromatic heterocycles. The molecule has 1 N–H and O–H groups in total. The molecule has 1 aromatic carbocycles. The van der Waals surface area contributed by atoms with Crippen LogP contribution in [0.2, 0.25) is 0 Å². The fourth-order valence-electron chi connectivity index (χ4n) is 5.54. The van der Waals surface area contributed by atoms with Gasteiger partial charge in [0.25, 0.3) is 0 Å². The Hall–Kier alpha value is -2.86. The molecule has 2 saturated heterocycles. The second-order valence-electron chi connectivity index (χ2n) is 9.83. The number of methoxy groups -OCH3 is 1. The van der Waals surface area contributed by atoms with E-state index in [1.165, 1.54) is 38.5 Å². The molecule has 0 radical (unpaired) electrons. The van der Waals surface area contributed by atoms with Crippen LogP contribution >= 0.6 is 0 Å². The highest BCUT2D eigenvalue weighted by molar-refractivity contribution is 5.93. The van der Waals surface area contributed by atoms with E-state index in [0.717, 1.165) is 52.4 Å². The highest BCUT2D eigenvalue weighted by Gasteiger charge is 2.26. The standard InChI is InChI=1S/C28H36N4O2/c1-19-8-4-6-14-31(19)27-17-25-23(28(30-27)32-15-7-5-9-20(32)2)11-12-24(29-25)21-10-13-26(34-3)22(16-21)18-33/h10-13,16-17,19-20,33H,4-9,14-15,18H2,1-3H3/t19-,20-/m0/s1. The van der Waals surface area contributed by atoms with Crippen LogP contribution in [0.15, 0.2) is 36.4 Å². The summed E-state index contributed by atoms with van der Waals surface area (Å²) in [6.07, 6.45) is 7.40. The number of piperidine rings is 2. The molecular weight excluding hydrogens is 424 g/mol. The zero-order valence-corrected chi connectivity index (χ0v) is 20.6.